The minimum absolute atomic E-state index is 0.0189. The van der Waals surface area contributed by atoms with Crippen LogP contribution in [0.25, 0.3) is 0 Å². The van der Waals surface area contributed by atoms with Crippen molar-refractivity contribution in [3.05, 3.63) is 0 Å². The third-order valence-corrected chi connectivity index (χ3v) is 2.42. The molecule has 0 radical (unpaired) electrons. The number of carbonyl (C=O) groups excluding carboxylic acids is 1. The van der Waals surface area contributed by atoms with Crippen molar-refractivity contribution in [2.24, 2.45) is 0 Å². The molecule has 0 spiro atoms. The van der Waals surface area contributed by atoms with Gasteiger partial charge in [-0.2, -0.15) is 0 Å². The van der Waals surface area contributed by atoms with Gasteiger partial charge in [0.25, 0.3) is 0 Å². The van der Waals surface area contributed by atoms with E-state index in [1.807, 2.05) is 0 Å². The predicted molar refractivity (Wildman–Crippen MR) is 65.7 cm³/mol. The van der Waals surface area contributed by atoms with E-state index in [0.717, 1.165) is 12.8 Å². The maximum Gasteiger partial charge on any atom is 0.202 e. The van der Waals surface area contributed by atoms with Crippen molar-refractivity contribution in [2.75, 3.05) is 0 Å². The van der Waals surface area contributed by atoms with Crippen molar-refractivity contribution in [1.29, 1.82) is 0 Å². The van der Waals surface area contributed by atoms with Crippen molar-refractivity contribution >= 4 is 5.78 Å². The SMILES string of the molecule is CCCCCCCCCCC#CC(C)=O. The molecule has 0 aliphatic carbocycles. The number of unbranched alkanes of at least 4 members (excludes halogenated alkanes) is 8. The van der Waals surface area contributed by atoms with Gasteiger partial charge in [0.1, 0.15) is 0 Å². The Morgan fingerprint density at radius 3 is 2.00 bits per heavy atom. The predicted octanol–water partition coefficient (Wildman–Crippen LogP) is 4.11. The summed E-state index contributed by atoms with van der Waals surface area (Å²) in [6, 6.07) is 0. The normalized spacial score (nSPS) is 9.47. The summed E-state index contributed by atoms with van der Waals surface area (Å²) >= 11 is 0. The van der Waals surface area contributed by atoms with E-state index >= 15 is 0 Å². The number of rotatable bonds is 8. The lowest BCUT2D eigenvalue weighted by molar-refractivity contribution is -0.111. The fraction of sp³-hybridized carbons (Fsp3) is 0.786. The number of hydrogen-bond donors (Lipinski definition) is 0. The van der Waals surface area contributed by atoms with Crippen LogP contribution in [0.4, 0.5) is 0 Å². The smallest absolute Gasteiger partial charge is 0.202 e. The van der Waals surface area contributed by atoms with Gasteiger partial charge >= 0.3 is 0 Å². The van der Waals surface area contributed by atoms with Gasteiger partial charge in [0.05, 0.1) is 0 Å². The van der Waals surface area contributed by atoms with Crippen molar-refractivity contribution in [1.82, 2.24) is 0 Å². The number of ketones is 1. The number of hydrogen-bond acceptors (Lipinski definition) is 1. The molecule has 0 unspecified atom stereocenters. The van der Waals surface area contributed by atoms with Crippen LogP contribution in [0.3, 0.4) is 0 Å². The molecule has 0 saturated heterocycles. The first kappa shape index (κ1) is 14.2. The third-order valence-electron chi connectivity index (χ3n) is 2.42. The van der Waals surface area contributed by atoms with Gasteiger partial charge in [-0.25, -0.2) is 0 Å². The van der Waals surface area contributed by atoms with Crippen LogP contribution in [0.5, 0.6) is 0 Å². The summed E-state index contributed by atoms with van der Waals surface area (Å²) in [7, 11) is 0. The fourth-order valence-electron chi connectivity index (χ4n) is 1.53. The van der Waals surface area contributed by atoms with Crippen LogP contribution < -0.4 is 0 Å². The van der Waals surface area contributed by atoms with E-state index in [2.05, 4.69) is 18.8 Å². The average Bonchev–Trinajstić information content (AvgIpc) is 2.20. The van der Waals surface area contributed by atoms with E-state index in [0.29, 0.717) is 0 Å². The molecule has 0 fully saturated rings. The van der Waals surface area contributed by atoms with E-state index in [1.165, 1.54) is 51.9 Å². The van der Waals surface area contributed by atoms with E-state index in [1.54, 1.807) is 0 Å². The van der Waals surface area contributed by atoms with Gasteiger partial charge in [0.2, 0.25) is 5.78 Å². The quantitative estimate of drug-likeness (QED) is 0.333. The lowest BCUT2D eigenvalue weighted by Crippen LogP contribution is -1.82. The fourth-order valence-corrected chi connectivity index (χ4v) is 1.53. The van der Waals surface area contributed by atoms with E-state index in [-0.39, 0.29) is 5.78 Å². The molecule has 0 atom stereocenters. The van der Waals surface area contributed by atoms with Gasteiger partial charge < -0.3 is 0 Å². The molecule has 0 aromatic heterocycles. The zero-order chi connectivity index (χ0) is 11.4. The monoisotopic (exact) mass is 208 g/mol. The molecule has 0 N–H and O–H groups in total. The van der Waals surface area contributed by atoms with E-state index in [9.17, 15) is 4.79 Å². The van der Waals surface area contributed by atoms with Gasteiger partial charge in [0.15, 0.2) is 0 Å². The maximum atomic E-state index is 10.5. The highest BCUT2D eigenvalue weighted by atomic mass is 16.1. The second kappa shape index (κ2) is 11.3. The average molecular weight is 208 g/mol. The Balaban J connectivity index is 3.06. The highest BCUT2D eigenvalue weighted by molar-refractivity contribution is 5.93. The van der Waals surface area contributed by atoms with Gasteiger partial charge in [-0.1, -0.05) is 57.8 Å². The second-order valence-electron chi connectivity index (χ2n) is 4.08. The first-order chi connectivity index (χ1) is 7.27. The van der Waals surface area contributed by atoms with Crippen LogP contribution in [-0.4, -0.2) is 5.78 Å². The summed E-state index contributed by atoms with van der Waals surface area (Å²) in [6.45, 7) is 3.76. The molecule has 0 amide bonds. The first-order valence-electron chi connectivity index (χ1n) is 6.26. The van der Waals surface area contributed by atoms with Crippen molar-refractivity contribution < 1.29 is 4.79 Å². The molecule has 0 aliphatic heterocycles. The molecular weight excluding hydrogens is 184 g/mol. The van der Waals surface area contributed by atoms with E-state index in [4.69, 9.17) is 0 Å². The van der Waals surface area contributed by atoms with Crippen LogP contribution in [0.15, 0.2) is 0 Å². The minimum Gasteiger partial charge on any atom is -0.285 e. The zero-order valence-corrected chi connectivity index (χ0v) is 10.3. The minimum atomic E-state index is -0.0189. The molecule has 86 valence electrons. The Kier molecular flexibility index (Phi) is 10.7. The highest BCUT2D eigenvalue weighted by Gasteiger charge is 1.90. The standard InChI is InChI=1S/C14H24O/c1-3-4-5-6-7-8-9-10-11-12-13-14(2)15/h3-11H2,1-2H3. The molecule has 0 aromatic rings. The van der Waals surface area contributed by atoms with Crippen molar-refractivity contribution in [2.45, 2.75) is 71.6 Å². The Bertz CT molecular complexity index is 207. The largest absolute Gasteiger partial charge is 0.285 e. The Morgan fingerprint density at radius 2 is 1.47 bits per heavy atom. The molecule has 0 aliphatic rings. The number of Topliss-reactive ketones (excluding diaryl/α,β-unsaturated/α-hetero) is 1. The summed E-state index contributed by atoms with van der Waals surface area (Å²) in [6.07, 6.45) is 11.4. The molecule has 15 heavy (non-hydrogen) atoms. The Hall–Kier alpha value is -0.770. The van der Waals surface area contributed by atoms with Gasteiger partial charge in [-0.05, 0) is 12.3 Å². The van der Waals surface area contributed by atoms with Gasteiger partial charge in [-0.3, -0.25) is 4.79 Å². The van der Waals surface area contributed by atoms with Crippen LogP contribution in [0.1, 0.15) is 71.6 Å². The Labute approximate surface area is 94.6 Å². The summed E-state index contributed by atoms with van der Waals surface area (Å²) in [4.78, 5) is 10.5. The molecule has 1 nitrogen and oxygen atoms in total. The topological polar surface area (TPSA) is 17.1 Å². The first-order valence-corrected chi connectivity index (χ1v) is 6.26. The summed E-state index contributed by atoms with van der Waals surface area (Å²) in [5.41, 5.74) is 0. The molecule has 0 bridgehead atoms. The summed E-state index contributed by atoms with van der Waals surface area (Å²) in [5.74, 6) is 5.45. The second-order valence-corrected chi connectivity index (χ2v) is 4.08. The van der Waals surface area contributed by atoms with Crippen molar-refractivity contribution in [3.63, 3.8) is 0 Å². The zero-order valence-electron chi connectivity index (χ0n) is 10.3. The Morgan fingerprint density at radius 1 is 0.933 bits per heavy atom. The van der Waals surface area contributed by atoms with E-state index < -0.39 is 0 Å². The van der Waals surface area contributed by atoms with Gasteiger partial charge in [0, 0.05) is 13.3 Å². The van der Waals surface area contributed by atoms with Crippen LogP contribution in [-0.2, 0) is 4.79 Å². The lowest BCUT2D eigenvalue weighted by Gasteiger charge is -1.99. The van der Waals surface area contributed by atoms with Crippen LogP contribution in [0.2, 0.25) is 0 Å². The third kappa shape index (κ3) is 13.2. The van der Waals surface area contributed by atoms with Crippen LogP contribution >= 0.6 is 0 Å². The molecule has 0 aromatic carbocycles. The van der Waals surface area contributed by atoms with Crippen molar-refractivity contribution in [3.8, 4) is 11.8 Å². The molecular formula is C14H24O. The molecule has 0 rings (SSSR count). The summed E-state index contributed by atoms with van der Waals surface area (Å²) < 4.78 is 0. The maximum absolute atomic E-state index is 10.5. The van der Waals surface area contributed by atoms with Crippen LogP contribution in [0, 0.1) is 11.8 Å². The summed E-state index contributed by atoms with van der Waals surface area (Å²) in [5, 5.41) is 0. The lowest BCUT2D eigenvalue weighted by atomic mass is 10.1. The van der Waals surface area contributed by atoms with Gasteiger partial charge in [-0.15, -0.1) is 0 Å². The molecule has 0 saturated carbocycles. The highest BCUT2D eigenvalue weighted by Crippen LogP contribution is 2.08. The molecule has 0 heterocycles. The molecule has 1 heteroatoms. The number of carbonyl (C=O) groups is 1.